The number of hydrogen-bond acceptors (Lipinski definition) is 4. The highest BCUT2D eigenvalue weighted by molar-refractivity contribution is 6.05. The summed E-state index contributed by atoms with van der Waals surface area (Å²) in [5, 5.41) is 14.3. The lowest BCUT2D eigenvalue weighted by molar-refractivity contribution is -0.297. The number of hydrogen-bond donors (Lipinski definition) is 1. The van der Waals surface area contributed by atoms with Crippen LogP contribution in [0.3, 0.4) is 0 Å². The first kappa shape index (κ1) is 18.9. The summed E-state index contributed by atoms with van der Waals surface area (Å²) in [7, 11) is 1.46. The second-order valence-corrected chi connectivity index (χ2v) is 6.25. The number of aliphatic hydroxyl groups is 1. The summed E-state index contributed by atoms with van der Waals surface area (Å²) in [5.41, 5.74) is -2.25. The molecule has 0 aromatic heterocycles. The maximum Gasteiger partial charge on any atom is 0.438 e. The molecule has 0 aliphatic carbocycles. The zero-order valence-corrected chi connectivity index (χ0v) is 14.6. The molecule has 8 heteroatoms. The molecule has 1 heterocycles. The highest BCUT2D eigenvalue weighted by Crippen LogP contribution is 2.42. The van der Waals surface area contributed by atoms with Crippen LogP contribution < -0.4 is 4.74 Å². The van der Waals surface area contributed by atoms with Gasteiger partial charge in [-0.15, -0.1) is 0 Å². The zero-order valence-electron chi connectivity index (χ0n) is 14.6. The molecular weight excluding hydrogens is 361 g/mol. The molecule has 0 radical (unpaired) electrons. The van der Waals surface area contributed by atoms with Crippen LogP contribution in [0.25, 0.3) is 0 Å². The van der Waals surface area contributed by atoms with Crippen LogP contribution in [0, 0.1) is 6.92 Å². The number of benzene rings is 2. The van der Waals surface area contributed by atoms with Gasteiger partial charge in [0, 0.05) is 5.56 Å². The average Bonchev–Trinajstić information content (AvgIpc) is 3.01. The quantitative estimate of drug-likeness (QED) is 0.889. The number of amides is 1. The van der Waals surface area contributed by atoms with Crippen LogP contribution in [0.15, 0.2) is 53.6 Å². The van der Waals surface area contributed by atoms with Gasteiger partial charge >= 0.3 is 6.18 Å². The number of hydrazone groups is 1. The number of halogens is 3. The predicted molar refractivity (Wildman–Crippen MR) is 92.5 cm³/mol. The maximum atomic E-state index is 13.6. The molecule has 1 amide bonds. The second kappa shape index (κ2) is 6.70. The molecule has 142 valence electrons. The molecule has 2 aromatic carbocycles. The van der Waals surface area contributed by atoms with Crippen LogP contribution in [0.2, 0.25) is 0 Å². The average molecular weight is 378 g/mol. The highest BCUT2D eigenvalue weighted by Gasteiger charge is 2.63. The Morgan fingerprint density at radius 3 is 2.26 bits per heavy atom. The van der Waals surface area contributed by atoms with Gasteiger partial charge in [-0.3, -0.25) is 4.79 Å². The Balaban J connectivity index is 2.01. The van der Waals surface area contributed by atoms with Gasteiger partial charge in [-0.25, -0.2) is 0 Å². The Hall–Kier alpha value is -2.87. The van der Waals surface area contributed by atoms with E-state index in [1.54, 1.807) is 31.2 Å². The van der Waals surface area contributed by atoms with Crippen molar-refractivity contribution in [2.24, 2.45) is 5.10 Å². The molecule has 0 fully saturated rings. The summed E-state index contributed by atoms with van der Waals surface area (Å²) in [6, 6.07) is 12.2. The Labute approximate surface area is 153 Å². The molecule has 0 spiro atoms. The summed E-state index contributed by atoms with van der Waals surface area (Å²) in [6.07, 6.45) is -5.94. The van der Waals surface area contributed by atoms with E-state index < -0.39 is 24.2 Å². The lowest BCUT2D eigenvalue weighted by Gasteiger charge is -2.32. The van der Waals surface area contributed by atoms with Crippen molar-refractivity contribution in [3.63, 3.8) is 0 Å². The van der Waals surface area contributed by atoms with Gasteiger partial charge < -0.3 is 9.84 Å². The number of aryl methyl sites for hydroxylation is 1. The highest BCUT2D eigenvalue weighted by atomic mass is 19.4. The number of nitrogens with zero attached hydrogens (tertiary/aromatic N) is 2. The van der Waals surface area contributed by atoms with Gasteiger partial charge in [-0.1, -0.05) is 17.7 Å². The van der Waals surface area contributed by atoms with E-state index in [-0.39, 0.29) is 16.3 Å². The molecule has 1 N–H and O–H groups in total. The van der Waals surface area contributed by atoms with Crippen molar-refractivity contribution in [2.75, 3.05) is 7.11 Å². The van der Waals surface area contributed by atoms with Crippen molar-refractivity contribution in [2.45, 2.75) is 25.2 Å². The Morgan fingerprint density at radius 1 is 1.15 bits per heavy atom. The normalized spacial score (nSPS) is 19.8. The summed E-state index contributed by atoms with van der Waals surface area (Å²) < 4.78 is 45.8. The largest absolute Gasteiger partial charge is 0.497 e. The van der Waals surface area contributed by atoms with E-state index in [0.717, 1.165) is 5.56 Å². The number of methoxy groups -OCH3 is 1. The van der Waals surface area contributed by atoms with E-state index in [0.29, 0.717) is 11.3 Å². The monoisotopic (exact) mass is 378 g/mol. The van der Waals surface area contributed by atoms with E-state index in [9.17, 15) is 23.1 Å². The maximum absolute atomic E-state index is 13.6. The minimum Gasteiger partial charge on any atom is -0.497 e. The van der Waals surface area contributed by atoms with E-state index in [1.165, 1.54) is 31.4 Å². The number of carbonyl (C=O) groups excluding carboxylic acids is 1. The van der Waals surface area contributed by atoms with E-state index >= 15 is 0 Å². The molecule has 1 aliphatic rings. The van der Waals surface area contributed by atoms with Gasteiger partial charge in [-0.2, -0.15) is 23.3 Å². The van der Waals surface area contributed by atoms with Crippen molar-refractivity contribution in [3.8, 4) is 5.75 Å². The molecule has 27 heavy (non-hydrogen) atoms. The number of carbonyl (C=O) groups is 1. The lowest BCUT2D eigenvalue weighted by atomic mass is 10.0. The van der Waals surface area contributed by atoms with Crippen LogP contribution in [0.5, 0.6) is 5.75 Å². The van der Waals surface area contributed by atoms with Crippen LogP contribution in [-0.4, -0.2) is 40.7 Å². The number of rotatable bonds is 3. The summed E-state index contributed by atoms with van der Waals surface area (Å²) in [6.45, 7) is 1.79. The van der Waals surface area contributed by atoms with Gasteiger partial charge in [-0.05, 0) is 48.9 Å². The molecule has 1 atom stereocenters. The van der Waals surface area contributed by atoms with Gasteiger partial charge in [0.25, 0.3) is 11.6 Å². The standard InChI is InChI=1S/C19H17F3N2O3/c1-12-3-5-14(6-4-12)17(25)24-18(26,19(20,21)22)11-16(23-24)13-7-9-15(27-2)10-8-13/h3-10,26H,11H2,1-2H3/t18-/m1/s1. The van der Waals surface area contributed by atoms with E-state index in [4.69, 9.17) is 4.74 Å². The molecular formula is C19H17F3N2O3. The number of ether oxygens (including phenoxy) is 1. The minimum absolute atomic E-state index is 0.00278. The van der Waals surface area contributed by atoms with Crippen LogP contribution in [0.1, 0.15) is 27.9 Å². The molecule has 0 unspecified atom stereocenters. The van der Waals surface area contributed by atoms with Gasteiger partial charge in [0.05, 0.1) is 19.2 Å². The van der Waals surface area contributed by atoms with Crippen LogP contribution >= 0.6 is 0 Å². The fourth-order valence-electron chi connectivity index (χ4n) is 2.74. The summed E-state index contributed by atoms with van der Waals surface area (Å²) >= 11 is 0. The molecule has 0 saturated carbocycles. The third kappa shape index (κ3) is 3.40. The fourth-order valence-corrected chi connectivity index (χ4v) is 2.74. The van der Waals surface area contributed by atoms with E-state index in [2.05, 4.69) is 5.10 Å². The van der Waals surface area contributed by atoms with Crippen molar-refractivity contribution in [3.05, 3.63) is 65.2 Å². The lowest BCUT2D eigenvalue weighted by Crippen LogP contribution is -2.56. The number of alkyl halides is 3. The van der Waals surface area contributed by atoms with Crippen molar-refractivity contribution >= 4 is 11.6 Å². The molecule has 0 saturated heterocycles. The topological polar surface area (TPSA) is 62.1 Å². The first-order valence-corrected chi connectivity index (χ1v) is 8.08. The first-order chi connectivity index (χ1) is 12.7. The molecule has 5 nitrogen and oxygen atoms in total. The Bertz CT molecular complexity index is 877. The Morgan fingerprint density at radius 2 is 1.74 bits per heavy atom. The van der Waals surface area contributed by atoms with Gasteiger partial charge in [0.2, 0.25) is 0 Å². The summed E-state index contributed by atoms with van der Waals surface area (Å²) in [4.78, 5) is 12.6. The molecule has 3 rings (SSSR count). The SMILES string of the molecule is COc1ccc(C2=NN(C(=O)c3ccc(C)cc3)[C@](O)(C(F)(F)F)C2)cc1. The smallest absolute Gasteiger partial charge is 0.438 e. The van der Waals surface area contributed by atoms with Crippen LogP contribution in [0.4, 0.5) is 13.2 Å². The third-order valence-corrected chi connectivity index (χ3v) is 4.35. The van der Waals surface area contributed by atoms with Crippen molar-refractivity contribution < 1.29 is 27.8 Å². The van der Waals surface area contributed by atoms with Crippen molar-refractivity contribution in [1.82, 2.24) is 5.01 Å². The Kier molecular flexibility index (Phi) is 4.69. The first-order valence-electron chi connectivity index (χ1n) is 8.08. The van der Waals surface area contributed by atoms with Crippen molar-refractivity contribution in [1.29, 1.82) is 0 Å². The molecule has 1 aliphatic heterocycles. The van der Waals surface area contributed by atoms with Crippen LogP contribution in [-0.2, 0) is 0 Å². The predicted octanol–water partition coefficient (Wildman–Crippen LogP) is 3.50. The van der Waals surface area contributed by atoms with Gasteiger partial charge in [0.15, 0.2) is 0 Å². The fraction of sp³-hybridized carbons (Fsp3) is 0.263. The second-order valence-electron chi connectivity index (χ2n) is 6.25. The zero-order chi connectivity index (χ0) is 19.8. The summed E-state index contributed by atoms with van der Waals surface area (Å²) in [5.74, 6) is -0.505. The molecule has 2 aromatic rings. The molecule has 0 bridgehead atoms. The minimum atomic E-state index is -5.08. The third-order valence-electron chi connectivity index (χ3n) is 4.35. The van der Waals surface area contributed by atoms with Gasteiger partial charge in [0.1, 0.15) is 5.75 Å². The van der Waals surface area contributed by atoms with E-state index in [1.807, 2.05) is 0 Å².